The monoisotopic (exact) mass is 369 g/mol. The zero-order chi connectivity index (χ0) is 17.8. The van der Waals surface area contributed by atoms with Gasteiger partial charge in [0.1, 0.15) is 16.7 Å². The normalized spacial score (nSPS) is 15.9. The Bertz CT molecular complexity index is 828. The molecule has 2 aromatic rings. The largest absolute Gasteiger partial charge is 0.489 e. The van der Waals surface area contributed by atoms with Gasteiger partial charge in [-0.2, -0.15) is 0 Å². The molecule has 2 aromatic carbocycles. The molecule has 128 valence electrons. The first kappa shape index (κ1) is 17.7. The number of aryl methyl sites for hydroxylation is 1. The van der Waals surface area contributed by atoms with Crippen molar-refractivity contribution in [1.82, 2.24) is 4.90 Å². The van der Waals surface area contributed by atoms with Gasteiger partial charge in [-0.05, 0) is 48.7 Å². The first-order valence-corrected chi connectivity index (χ1v) is 9.33. The topological polar surface area (TPSA) is 29.5 Å². The summed E-state index contributed by atoms with van der Waals surface area (Å²) in [6.07, 6.45) is 1.88. The molecular formula is C20H19NO2S2. The summed E-state index contributed by atoms with van der Waals surface area (Å²) in [5, 5.41) is 0. The van der Waals surface area contributed by atoms with Crippen LogP contribution in [0.5, 0.6) is 5.75 Å². The number of carbonyl (C=O) groups is 1. The predicted molar refractivity (Wildman–Crippen MR) is 108 cm³/mol. The SMILES string of the molecule is CCN1C(=O)/C(=C/c2ccc(OCc3ccccc3C)cc2)SC1=S. The van der Waals surface area contributed by atoms with E-state index < -0.39 is 0 Å². The van der Waals surface area contributed by atoms with E-state index >= 15 is 0 Å². The fraction of sp³-hybridized carbons (Fsp3) is 0.200. The molecule has 0 unspecified atom stereocenters. The number of rotatable bonds is 5. The molecule has 0 bridgehead atoms. The molecule has 25 heavy (non-hydrogen) atoms. The molecule has 0 aliphatic carbocycles. The number of carbonyl (C=O) groups excluding carboxylic acids is 1. The van der Waals surface area contributed by atoms with Gasteiger partial charge in [0.15, 0.2) is 0 Å². The van der Waals surface area contributed by atoms with Gasteiger partial charge < -0.3 is 4.74 Å². The number of likely N-dealkylation sites (N-methyl/N-ethyl adjacent to an activating group) is 1. The second-order valence-electron chi connectivity index (χ2n) is 5.71. The fourth-order valence-corrected chi connectivity index (χ4v) is 3.90. The lowest BCUT2D eigenvalue weighted by atomic mass is 10.1. The molecule has 1 amide bonds. The van der Waals surface area contributed by atoms with Crippen LogP contribution in [0, 0.1) is 6.92 Å². The number of thiocarbonyl (C=S) groups is 1. The van der Waals surface area contributed by atoms with Gasteiger partial charge in [0.2, 0.25) is 0 Å². The van der Waals surface area contributed by atoms with Gasteiger partial charge in [0.05, 0.1) is 4.91 Å². The first-order valence-electron chi connectivity index (χ1n) is 8.11. The fourth-order valence-electron chi connectivity index (χ4n) is 2.52. The molecule has 1 aliphatic rings. The lowest BCUT2D eigenvalue weighted by molar-refractivity contribution is -0.121. The highest BCUT2D eigenvalue weighted by Crippen LogP contribution is 2.32. The van der Waals surface area contributed by atoms with Crippen LogP contribution in [0.25, 0.3) is 6.08 Å². The predicted octanol–water partition coefficient (Wildman–Crippen LogP) is 4.80. The van der Waals surface area contributed by atoms with E-state index in [0.29, 0.717) is 22.4 Å². The molecular weight excluding hydrogens is 350 g/mol. The maximum Gasteiger partial charge on any atom is 0.266 e. The third kappa shape index (κ3) is 4.11. The number of ether oxygens (including phenoxy) is 1. The standard InChI is InChI=1S/C20H19NO2S2/c1-3-21-19(22)18(25-20(21)24)12-15-8-10-17(11-9-15)23-13-16-7-5-4-6-14(16)2/h4-12H,3,13H2,1-2H3/b18-12-. The van der Waals surface area contributed by atoms with Gasteiger partial charge in [-0.15, -0.1) is 0 Å². The van der Waals surface area contributed by atoms with Crippen LogP contribution in [0.15, 0.2) is 53.4 Å². The minimum Gasteiger partial charge on any atom is -0.489 e. The number of amides is 1. The van der Waals surface area contributed by atoms with E-state index in [2.05, 4.69) is 19.1 Å². The number of benzene rings is 2. The number of nitrogens with zero attached hydrogens (tertiary/aromatic N) is 1. The maximum atomic E-state index is 12.2. The number of thioether (sulfide) groups is 1. The second-order valence-corrected chi connectivity index (χ2v) is 7.39. The van der Waals surface area contributed by atoms with E-state index in [9.17, 15) is 4.79 Å². The van der Waals surface area contributed by atoms with Gasteiger partial charge in [-0.25, -0.2) is 0 Å². The van der Waals surface area contributed by atoms with Crippen LogP contribution < -0.4 is 4.74 Å². The lowest BCUT2D eigenvalue weighted by Gasteiger charge is -2.09. The number of hydrogen-bond acceptors (Lipinski definition) is 4. The molecule has 3 rings (SSSR count). The van der Waals surface area contributed by atoms with Crippen molar-refractivity contribution in [2.75, 3.05) is 6.54 Å². The van der Waals surface area contributed by atoms with Crippen molar-refractivity contribution in [2.24, 2.45) is 0 Å². The van der Waals surface area contributed by atoms with E-state index in [1.54, 1.807) is 4.90 Å². The van der Waals surface area contributed by atoms with Gasteiger partial charge in [-0.3, -0.25) is 9.69 Å². The average molecular weight is 370 g/mol. The quantitative estimate of drug-likeness (QED) is 0.559. The summed E-state index contributed by atoms with van der Waals surface area (Å²) in [4.78, 5) is 14.5. The Hall–Kier alpha value is -2.11. The van der Waals surface area contributed by atoms with Crippen molar-refractivity contribution in [1.29, 1.82) is 0 Å². The maximum absolute atomic E-state index is 12.2. The molecule has 1 aliphatic heterocycles. The van der Waals surface area contributed by atoms with Crippen molar-refractivity contribution < 1.29 is 9.53 Å². The van der Waals surface area contributed by atoms with Crippen molar-refractivity contribution >= 4 is 40.3 Å². The van der Waals surface area contributed by atoms with Gasteiger partial charge in [0.25, 0.3) is 5.91 Å². The Kier molecular flexibility index (Phi) is 5.56. The minimum atomic E-state index is -0.0163. The van der Waals surface area contributed by atoms with Crippen LogP contribution in [0.1, 0.15) is 23.6 Å². The van der Waals surface area contributed by atoms with Gasteiger partial charge >= 0.3 is 0 Å². The molecule has 0 aromatic heterocycles. The first-order chi connectivity index (χ1) is 12.1. The minimum absolute atomic E-state index is 0.0163. The molecule has 0 saturated carbocycles. The molecule has 0 spiro atoms. The van der Waals surface area contributed by atoms with Crippen LogP contribution in [-0.2, 0) is 11.4 Å². The highest BCUT2D eigenvalue weighted by Gasteiger charge is 2.30. The Balaban J connectivity index is 1.67. The highest BCUT2D eigenvalue weighted by atomic mass is 32.2. The van der Waals surface area contributed by atoms with Crippen LogP contribution in [-0.4, -0.2) is 21.7 Å². The zero-order valence-corrected chi connectivity index (χ0v) is 15.8. The molecule has 1 saturated heterocycles. The molecule has 0 N–H and O–H groups in total. The molecule has 3 nitrogen and oxygen atoms in total. The summed E-state index contributed by atoms with van der Waals surface area (Å²) in [5.41, 5.74) is 3.35. The molecule has 0 atom stereocenters. The van der Waals surface area contributed by atoms with E-state index in [1.165, 1.54) is 22.9 Å². The Morgan fingerprint density at radius 2 is 1.88 bits per heavy atom. The van der Waals surface area contributed by atoms with Crippen molar-refractivity contribution in [2.45, 2.75) is 20.5 Å². The summed E-state index contributed by atoms with van der Waals surface area (Å²) in [5.74, 6) is 0.791. The van der Waals surface area contributed by atoms with Gasteiger partial charge in [0, 0.05) is 6.54 Å². The summed E-state index contributed by atoms with van der Waals surface area (Å²) < 4.78 is 6.47. The smallest absolute Gasteiger partial charge is 0.266 e. The van der Waals surface area contributed by atoms with Gasteiger partial charge in [-0.1, -0.05) is 60.4 Å². The third-order valence-corrected chi connectivity index (χ3v) is 5.40. The van der Waals surface area contributed by atoms with Crippen LogP contribution in [0.4, 0.5) is 0 Å². The van der Waals surface area contributed by atoms with Crippen molar-refractivity contribution in [3.8, 4) is 5.75 Å². The van der Waals surface area contributed by atoms with Crippen molar-refractivity contribution in [3.05, 3.63) is 70.1 Å². The summed E-state index contributed by atoms with van der Waals surface area (Å²) in [7, 11) is 0. The molecule has 0 radical (unpaired) electrons. The van der Waals surface area contributed by atoms with Crippen LogP contribution in [0.3, 0.4) is 0 Å². The van der Waals surface area contributed by atoms with E-state index in [-0.39, 0.29) is 5.91 Å². The molecule has 5 heteroatoms. The number of hydrogen-bond donors (Lipinski definition) is 0. The summed E-state index contributed by atoms with van der Waals surface area (Å²) >= 11 is 6.58. The molecule has 1 fully saturated rings. The Labute approximate surface area is 157 Å². The highest BCUT2D eigenvalue weighted by molar-refractivity contribution is 8.26. The van der Waals surface area contributed by atoms with E-state index in [0.717, 1.165) is 11.3 Å². The zero-order valence-electron chi connectivity index (χ0n) is 14.2. The third-order valence-electron chi connectivity index (χ3n) is 4.02. The van der Waals surface area contributed by atoms with Crippen molar-refractivity contribution in [3.63, 3.8) is 0 Å². The summed E-state index contributed by atoms with van der Waals surface area (Å²) in [6.45, 7) is 5.15. The lowest BCUT2D eigenvalue weighted by Crippen LogP contribution is -2.27. The Morgan fingerprint density at radius 1 is 1.16 bits per heavy atom. The average Bonchev–Trinajstić information content (AvgIpc) is 2.88. The Morgan fingerprint density at radius 3 is 2.52 bits per heavy atom. The molecule has 1 heterocycles. The van der Waals surface area contributed by atoms with Crippen LogP contribution in [0.2, 0.25) is 0 Å². The summed E-state index contributed by atoms with van der Waals surface area (Å²) in [6, 6.07) is 15.9. The second kappa shape index (κ2) is 7.85. The van der Waals surface area contributed by atoms with E-state index in [4.69, 9.17) is 17.0 Å². The van der Waals surface area contributed by atoms with Crippen LogP contribution >= 0.6 is 24.0 Å². The van der Waals surface area contributed by atoms with E-state index in [1.807, 2.05) is 49.4 Å².